The van der Waals surface area contributed by atoms with E-state index in [1.165, 1.54) is 12.1 Å². The third-order valence-electron chi connectivity index (χ3n) is 5.85. The smallest absolute Gasteiger partial charge is 0.246 e. The van der Waals surface area contributed by atoms with Crippen LogP contribution in [0.5, 0.6) is 5.75 Å². The summed E-state index contributed by atoms with van der Waals surface area (Å²) in [6.07, 6.45) is 1.79. The topological polar surface area (TPSA) is 160 Å². The maximum Gasteiger partial charge on any atom is 0.246 e. The number of amides is 3. The van der Waals surface area contributed by atoms with Gasteiger partial charge in [0, 0.05) is 29.2 Å². The Morgan fingerprint density at radius 1 is 1.15 bits per heavy atom. The fraction of sp³-hybridized carbons (Fsp3) is 0.591. The Bertz CT molecular complexity index is 845. The molecular weight excluding hydrogens is 446 g/mol. The SMILES string of the molecule is CC1(C)CCC(C)(C)N1ONC(=O)C[C@H](S)[C@H](N)C(=O)N[C@@H](Cc1ccc(O)cc1)C(N)=O. The van der Waals surface area contributed by atoms with Gasteiger partial charge in [-0.2, -0.15) is 22.6 Å². The molecule has 11 heteroatoms. The Labute approximate surface area is 199 Å². The lowest BCUT2D eigenvalue weighted by atomic mass is 10.0. The van der Waals surface area contributed by atoms with E-state index in [0.29, 0.717) is 5.56 Å². The second-order valence-electron chi connectivity index (χ2n) is 9.67. The van der Waals surface area contributed by atoms with Crippen molar-refractivity contribution in [2.24, 2.45) is 11.5 Å². The monoisotopic (exact) mass is 481 g/mol. The molecule has 0 saturated carbocycles. The Morgan fingerprint density at radius 3 is 2.21 bits per heavy atom. The van der Waals surface area contributed by atoms with Crippen molar-refractivity contribution in [1.29, 1.82) is 0 Å². The van der Waals surface area contributed by atoms with Crippen LogP contribution in [0.25, 0.3) is 0 Å². The minimum atomic E-state index is -1.17. The molecule has 33 heavy (non-hydrogen) atoms. The van der Waals surface area contributed by atoms with Gasteiger partial charge in [0.2, 0.25) is 17.7 Å². The first kappa shape index (κ1) is 26.9. The first-order chi connectivity index (χ1) is 15.2. The molecule has 1 fully saturated rings. The van der Waals surface area contributed by atoms with Crippen molar-refractivity contribution in [1.82, 2.24) is 15.9 Å². The maximum absolute atomic E-state index is 12.6. The van der Waals surface area contributed by atoms with Gasteiger partial charge in [0.1, 0.15) is 11.8 Å². The zero-order chi connectivity index (χ0) is 25.0. The van der Waals surface area contributed by atoms with E-state index < -0.39 is 35.1 Å². The average Bonchev–Trinajstić information content (AvgIpc) is 2.93. The average molecular weight is 482 g/mol. The van der Waals surface area contributed by atoms with Crippen LogP contribution in [-0.4, -0.2) is 56.3 Å². The van der Waals surface area contributed by atoms with Crippen molar-refractivity contribution in [3.05, 3.63) is 29.8 Å². The molecule has 0 unspecified atom stereocenters. The van der Waals surface area contributed by atoms with Crippen LogP contribution in [0.3, 0.4) is 0 Å². The molecule has 1 aromatic carbocycles. The van der Waals surface area contributed by atoms with Gasteiger partial charge in [0.05, 0.1) is 6.04 Å². The largest absolute Gasteiger partial charge is 0.508 e. The predicted molar refractivity (Wildman–Crippen MR) is 127 cm³/mol. The number of rotatable bonds is 10. The number of phenols is 1. The highest BCUT2D eigenvalue weighted by atomic mass is 32.1. The third-order valence-corrected chi connectivity index (χ3v) is 6.35. The number of phenolic OH excluding ortho intramolecular Hbond substituents is 1. The summed E-state index contributed by atoms with van der Waals surface area (Å²) in [5, 5.41) is 12.8. The Kier molecular flexibility index (Phi) is 8.75. The fourth-order valence-corrected chi connectivity index (χ4v) is 4.17. The van der Waals surface area contributed by atoms with Gasteiger partial charge in [-0.25, -0.2) is 5.48 Å². The molecule has 0 aliphatic carbocycles. The molecule has 1 aliphatic rings. The molecule has 3 atom stereocenters. The molecule has 7 N–H and O–H groups in total. The van der Waals surface area contributed by atoms with Crippen LogP contribution >= 0.6 is 12.6 Å². The predicted octanol–water partition coefficient (Wildman–Crippen LogP) is 0.536. The summed E-state index contributed by atoms with van der Waals surface area (Å²) in [5.74, 6) is -1.79. The maximum atomic E-state index is 12.6. The van der Waals surface area contributed by atoms with E-state index in [-0.39, 0.29) is 29.7 Å². The number of hydrogen-bond donors (Lipinski definition) is 6. The summed E-state index contributed by atoms with van der Waals surface area (Å²) < 4.78 is 0. The van der Waals surface area contributed by atoms with Crippen LogP contribution in [0.4, 0.5) is 0 Å². The number of nitrogens with zero attached hydrogens (tertiary/aromatic N) is 1. The van der Waals surface area contributed by atoms with Crippen molar-refractivity contribution >= 4 is 30.4 Å². The number of benzene rings is 1. The van der Waals surface area contributed by atoms with E-state index >= 15 is 0 Å². The summed E-state index contributed by atoms with van der Waals surface area (Å²) in [5.41, 5.74) is 14.0. The van der Waals surface area contributed by atoms with Gasteiger partial charge in [0.15, 0.2) is 0 Å². The van der Waals surface area contributed by atoms with Crippen molar-refractivity contribution in [3.63, 3.8) is 0 Å². The van der Waals surface area contributed by atoms with Gasteiger partial charge in [-0.1, -0.05) is 12.1 Å². The highest BCUT2D eigenvalue weighted by molar-refractivity contribution is 7.81. The normalized spacial score (nSPS) is 19.9. The van der Waals surface area contributed by atoms with Gasteiger partial charge in [0.25, 0.3) is 0 Å². The molecule has 3 amide bonds. The van der Waals surface area contributed by atoms with Gasteiger partial charge < -0.3 is 21.9 Å². The number of nitrogens with two attached hydrogens (primary N) is 2. The second-order valence-corrected chi connectivity index (χ2v) is 10.3. The minimum absolute atomic E-state index is 0.0810. The van der Waals surface area contributed by atoms with Gasteiger partial charge >= 0.3 is 0 Å². The van der Waals surface area contributed by atoms with Gasteiger partial charge in [-0.05, 0) is 58.2 Å². The quantitative estimate of drug-likeness (QED) is 0.210. The second kappa shape index (κ2) is 10.7. The molecule has 1 aliphatic heterocycles. The van der Waals surface area contributed by atoms with Crippen LogP contribution in [0.15, 0.2) is 24.3 Å². The number of carbonyl (C=O) groups is 3. The highest BCUT2D eigenvalue weighted by Gasteiger charge is 2.46. The summed E-state index contributed by atoms with van der Waals surface area (Å²) in [7, 11) is 0. The molecule has 0 aromatic heterocycles. The lowest BCUT2D eigenvalue weighted by Gasteiger charge is -2.37. The molecule has 1 heterocycles. The standard InChI is InChI=1S/C22H35N5O5S/c1-21(2)9-10-22(3,4)27(21)32-26-17(29)12-16(33)18(23)20(31)25-15(19(24)30)11-13-5-7-14(28)8-6-13/h5-8,15-16,18,28,33H,9-12,23H2,1-4H3,(H2,24,30)(H,25,31)(H,26,29)/t15-,16-,18-/m0/s1. The number of nitrogens with one attached hydrogen (secondary N) is 2. The number of aromatic hydroxyl groups is 1. The molecule has 1 saturated heterocycles. The van der Waals surface area contributed by atoms with Crippen LogP contribution in [0, 0.1) is 0 Å². The van der Waals surface area contributed by atoms with Crippen molar-refractivity contribution in [3.8, 4) is 5.75 Å². The summed E-state index contributed by atoms with van der Waals surface area (Å²) in [6, 6.07) is 4.00. The van der Waals surface area contributed by atoms with Gasteiger partial charge in [-0.3, -0.25) is 14.4 Å². The molecule has 2 rings (SSSR count). The zero-order valence-electron chi connectivity index (χ0n) is 19.5. The van der Waals surface area contributed by atoms with E-state index in [1.807, 2.05) is 27.7 Å². The van der Waals surface area contributed by atoms with E-state index in [2.05, 4.69) is 23.4 Å². The summed E-state index contributed by atoms with van der Waals surface area (Å²) >= 11 is 4.30. The highest BCUT2D eigenvalue weighted by Crippen LogP contribution is 2.40. The molecule has 0 radical (unpaired) electrons. The number of hydroxylamine groups is 3. The summed E-state index contributed by atoms with van der Waals surface area (Å²) in [6.45, 7) is 8.12. The molecule has 10 nitrogen and oxygen atoms in total. The van der Waals surface area contributed by atoms with E-state index in [0.717, 1.165) is 12.8 Å². The van der Waals surface area contributed by atoms with Crippen molar-refractivity contribution in [2.45, 2.75) is 81.8 Å². The molecule has 0 bridgehead atoms. The molecule has 0 spiro atoms. The lowest BCUT2D eigenvalue weighted by molar-refractivity contribution is -0.274. The van der Waals surface area contributed by atoms with Crippen LogP contribution < -0.4 is 22.3 Å². The fourth-order valence-electron chi connectivity index (χ4n) is 3.87. The van der Waals surface area contributed by atoms with E-state index in [1.54, 1.807) is 17.2 Å². The van der Waals surface area contributed by atoms with E-state index in [4.69, 9.17) is 16.4 Å². The van der Waals surface area contributed by atoms with Crippen molar-refractivity contribution < 1.29 is 24.4 Å². The first-order valence-electron chi connectivity index (χ1n) is 10.8. The Morgan fingerprint density at radius 2 is 1.70 bits per heavy atom. The molecular formula is C22H35N5O5S. The minimum Gasteiger partial charge on any atom is -0.508 e. The summed E-state index contributed by atoms with van der Waals surface area (Å²) in [4.78, 5) is 42.3. The first-order valence-corrected chi connectivity index (χ1v) is 11.3. The number of thiol groups is 1. The zero-order valence-corrected chi connectivity index (χ0v) is 20.4. The number of primary amides is 1. The van der Waals surface area contributed by atoms with Crippen molar-refractivity contribution in [2.75, 3.05) is 0 Å². The molecule has 184 valence electrons. The van der Waals surface area contributed by atoms with Gasteiger partial charge in [-0.15, -0.1) is 0 Å². The van der Waals surface area contributed by atoms with Crippen LogP contribution in [0.2, 0.25) is 0 Å². The third kappa shape index (κ3) is 7.32. The molecule has 1 aromatic rings. The van der Waals surface area contributed by atoms with Crippen LogP contribution in [0.1, 0.15) is 52.5 Å². The lowest BCUT2D eigenvalue weighted by Crippen LogP contribution is -2.55. The number of hydrogen-bond acceptors (Lipinski definition) is 8. The Hall–Kier alpha value is -2.34. The van der Waals surface area contributed by atoms with Crippen LogP contribution in [-0.2, 0) is 25.7 Å². The van der Waals surface area contributed by atoms with E-state index in [9.17, 15) is 19.5 Å². The number of carbonyl (C=O) groups excluding carboxylic acids is 3. The Balaban J connectivity index is 1.88.